The van der Waals surface area contributed by atoms with Crippen LogP contribution >= 0.6 is 0 Å². The number of carbonyl (C=O) groups excluding carboxylic acids is 2. The summed E-state index contributed by atoms with van der Waals surface area (Å²) in [6.45, 7) is 5.87. The highest BCUT2D eigenvalue weighted by atomic mass is 16.5. The second-order valence-corrected chi connectivity index (χ2v) is 3.35. The van der Waals surface area contributed by atoms with E-state index in [0.717, 1.165) is 0 Å². The van der Waals surface area contributed by atoms with E-state index in [4.69, 9.17) is 9.47 Å². The Morgan fingerprint density at radius 3 is 2.62 bits per heavy atom. The predicted octanol–water partition coefficient (Wildman–Crippen LogP) is 0.176. The zero-order chi connectivity index (χ0) is 12.2. The maximum absolute atomic E-state index is 11.2. The van der Waals surface area contributed by atoms with Crippen LogP contribution in [0.3, 0.4) is 0 Å². The SMILES string of the molecule is CCC(=O)C(C)NCCOCCOCC=O. The molecule has 0 rings (SSSR count). The average molecular weight is 231 g/mol. The van der Waals surface area contributed by atoms with Crippen LogP contribution in [0.2, 0.25) is 0 Å². The molecule has 0 spiro atoms. The molecule has 0 amide bonds. The van der Waals surface area contributed by atoms with Gasteiger partial charge in [0.15, 0.2) is 0 Å². The third-order valence-corrected chi connectivity index (χ3v) is 2.09. The Balaban J connectivity index is 3.20. The molecule has 0 heterocycles. The van der Waals surface area contributed by atoms with E-state index < -0.39 is 0 Å². The molecule has 0 radical (unpaired) electrons. The van der Waals surface area contributed by atoms with Crippen LogP contribution < -0.4 is 5.32 Å². The van der Waals surface area contributed by atoms with E-state index in [1.807, 2.05) is 13.8 Å². The van der Waals surface area contributed by atoms with E-state index in [-0.39, 0.29) is 18.4 Å². The maximum atomic E-state index is 11.2. The number of nitrogens with one attached hydrogen (secondary N) is 1. The van der Waals surface area contributed by atoms with E-state index in [0.29, 0.717) is 39.1 Å². The second kappa shape index (κ2) is 10.7. The van der Waals surface area contributed by atoms with Crippen LogP contribution in [-0.4, -0.2) is 51.1 Å². The second-order valence-electron chi connectivity index (χ2n) is 3.35. The molecule has 0 aliphatic rings. The number of ketones is 1. The van der Waals surface area contributed by atoms with E-state index >= 15 is 0 Å². The summed E-state index contributed by atoms with van der Waals surface area (Å²) >= 11 is 0. The van der Waals surface area contributed by atoms with Crippen molar-refractivity contribution in [1.29, 1.82) is 0 Å². The fourth-order valence-corrected chi connectivity index (χ4v) is 1.12. The molecule has 1 atom stereocenters. The van der Waals surface area contributed by atoms with Gasteiger partial charge in [0.25, 0.3) is 0 Å². The Labute approximate surface area is 96.5 Å². The lowest BCUT2D eigenvalue weighted by Crippen LogP contribution is -2.35. The van der Waals surface area contributed by atoms with E-state index in [1.54, 1.807) is 0 Å². The van der Waals surface area contributed by atoms with Gasteiger partial charge in [-0.2, -0.15) is 0 Å². The Hall–Kier alpha value is -0.780. The Bertz CT molecular complexity index is 196. The number of rotatable bonds is 11. The van der Waals surface area contributed by atoms with Crippen molar-refractivity contribution in [1.82, 2.24) is 5.32 Å². The van der Waals surface area contributed by atoms with E-state index in [9.17, 15) is 9.59 Å². The van der Waals surface area contributed by atoms with Crippen LogP contribution in [0.5, 0.6) is 0 Å². The summed E-state index contributed by atoms with van der Waals surface area (Å²) in [4.78, 5) is 21.1. The highest BCUT2D eigenvalue weighted by molar-refractivity contribution is 5.83. The summed E-state index contributed by atoms with van der Waals surface area (Å²) < 4.78 is 10.1. The molecule has 16 heavy (non-hydrogen) atoms. The van der Waals surface area contributed by atoms with Gasteiger partial charge in [0.05, 0.1) is 25.9 Å². The first-order valence-corrected chi connectivity index (χ1v) is 5.57. The lowest BCUT2D eigenvalue weighted by molar-refractivity contribution is -0.120. The molecule has 0 fully saturated rings. The minimum absolute atomic E-state index is 0.111. The van der Waals surface area contributed by atoms with Crippen molar-refractivity contribution < 1.29 is 19.1 Å². The first-order chi connectivity index (χ1) is 7.72. The Morgan fingerprint density at radius 1 is 1.31 bits per heavy atom. The third kappa shape index (κ3) is 8.52. The molecule has 0 aliphatic carbocycles. The summed E-state index contributed by atoms with van der Waals surface area (Å²) in [5, 5.41) is 3.06. The number of aldehydes is 1. The molecule has 5 nitrogen and oxygen atoms in total. The van der Waals surface area contributed by atoms with Crippen LogP contribution in [0.4, 0.5) is 0 Å². The minimum atomic E-state index is -0.111. The zero-order valence-corrected chi connectivity index (χ0v) is 10.0. The third-order valence-electron chi connectivity index (χ3n) is 2.09. The molecule has 94 valence electrons. The molecule has 1 unspecified atom stereocenters. The smallest absolute Gasteiger partial charge is 0.149 e. The van der Waals surface area contributed by atoms with Crippen molar-refractivity contribution in [2.45, 2.75) is 26.3 Å². The van der Waals surface area contributed by atoms with Gasteiger partial charge in [-0.15, -0.1) is 0 Å². The van der Waals surface area contributed by atoms with Crippen molar-refractivity contribution in [3.05, 3.63) is 0 Å². The molecular weight excluding hydrogens is 210 g/mol. The number of hydrogen-bond donors (Lipinski definition) is 1. The van der Waals surface area contributed by atoms with Crippen molar-refractivity contribution in [2.75, 3.05) is 33.0 Å². The van der Waals surface area contributed by atoms with Crippen LogP contribution in [0.15, 0.2) is 0 Å². The average Bonchev–Trinajstić information content (AvgIpc) is 2.31. The van der Waals surface area contributed by atoms with Gasteiger partial charge >= 0.3 is 0 Å². The van der Waals surface area contributed by atoms with Gasteiger partial charge in [0, 0.05) is 13.0 Å². The normalized spacial score (nSPS) is 12.4. The number of ether oxygens (including phenoxy) is 2. The molecule has 0 aromatic heterocycles. The van der Waals surface area contributed by atoms with Crippen molar-refractivity contribution in [2.24, 2.45) is 0 Å². The minimum Gasteiger partial charge on any atom is -0.378 e. The monoisotopic (exact) mass is 231 g/mol. The van der Waals surface area contributed by atoms with E-state index in [2.05, 4.69) is 5.32 Å². The summed E-state index contributed by atoms with van der Waals surface area (Å²) in [7, 11) is 0. The standard InChI is InChI=1S/C11H21NO4/c1-3-11(14)10(2)12-4-6-15-8-9-16-7-5-13/h5,10,12H,3-4,6-9H2,1-2H3. The largest absolute Gasteiger partial charge is 0.378 e. The molecule has 5 heteroatoms. The summed E-state index contributed by atoms with van der Waals surface area (Å²) in [5.41, 5.74) is 0. The van der Waals surface area contributed by atoms with Gasteiger partial charge in [-0.05, 0) is 6.92 Å². The highest BCUT2D eigenvalue weighted by Crippen LogP contribution is 1.89. The fourth-order valence-electron chi connectivity index (χ4n) is 1.12. The molecule has 0 saturated carbocycles. The zero-order valence-electron chi connectivity index (χ0n) is 10.0. The number of carbonyl (C=O) groups is 2. The first kappa shape index (κ1) is 15.2. The quantitative estimate of drug-likeness (QED) is 0.406. The molecule has 1 N–H and O–H groups in total. The van der Waals surface area contributed by atoms with Gasteiger partial charge in [-0.3, -0.25) is 4.79 Å². The van der Waals surface area contributed by atoms with Gasteiger partial charge in [0.2, 0.25) is 0 Å². The molecular formula is C11H21NO4. The van der Waals surface area contributed by atoms with Gasteiger partial charge in [-0.25, -0.2) is 0 Å². The van der Waals surface area contributed by atoms with Gasteiger partial charge in [-0.1, -0.05) is 6.92 Å². The molecule has 0 aromatic rings. The van der Waals surface area contributed by atoms with Crippen molar-refractivity contribution >= 4 is 12.1 Å². The summed E-state index contributed by atoms with van der Waals surface area (Å²) in [6.07, 6.45) is 1.26. The van der Waals surface area contributed by atoms with Crippen LogP contribution in [-0.2, 0) is 19.1 Å². The number of hydrogen-bond acceptors (Lipinski definition) is 5. The maximum Gasteiger partial charge on any atom is 0.149 e. The predicted molar refractivity (Wildman–Crippen MR) is 60.5 cm³/mol. The van der Waals surface area contributed by atoms with Crippen molar-refractivity contribution in [3.63, 3.8) is 0 Å². The molecule has 0 saturated heterocycles. The first-order valence-electron chi connectivity index (χ1n) is 5.57. The van der Waals surface area contributed by atoms with Crippen LogP contribution in [0.1, 0.15) is 20.3 Å². The topological polar surface area (TPSA) is 64.6 Å². The van der Waals surface area contributed by atoms with Crippen molar-refractivity contribution in [3.8, 4) is 0 Å². The summed E-state index contributed by atoms with van der Waals surface area (Å²) in [5.74, 6) is 0.203. The van der Waals surface area contributed by atoms with Crippen LogP contribution in [0.25, 0.3) is 0 Å². The van der Waals surface area contributed by atoms with Gasteiger partial charge < -0.3 is 19.6 Å². The molecule has 0 bridgehead atoms. The highest BCUT2D eigenvalue weighted by Gasteiger charge is 2.08. The fraction of sp³-hybridized carbons (Fsp3) is 0.818. The van der Waals surface area contributed by atoms with Gasteiger partial charge in [0.1, 0.15) is 18.7 Å². The lowest BCUT2D eigenvalue weighted by atomic mass is 10.2. The molecule has 0 aliphatic heterocycles. The summed E-state index contributed by atoms with van der Waals surface area (Å²) in [6, 6.07) is -0.111. The lowest BCUT2D eigenvalue weighted by Gasteiger charge is -2.11. The molecule has 0 aromatic carbocycles. The van der Waals surface area contributed by atoms with E-state index in [1.165, 1.54) is 0 Å². The Morgan fingerprint density at radius 2 is 2.00 bits per heavy atom. The Kier molecular flexibility index (Phi) is 10.2. The number of Topliss-reactive ketones (excluding diaryl/α,β-unsaturated/α-hetero) is 1. The van der Waals surface area contributed by atoms with Crippen LogP contribution in [0, 0.1) is 0 Å².